The molecule has 2 aromatic rings. The minimum absolute atomic E-state index is 0.232. The van der Waals surface area contributed by atoms with Crippen molar-refractivity contribution in [1.29, 1.82) is 0 Å². The van der Waals surface area contributed by atoms with Gasteiger partial charge in [0.15, 0.2) is 4.90 Å². The lowest BCUT2D eigenvalue weighted by molar-refractivity contribution is 0.513. The van der Waals surface area contributed by atoms with Gasteiger partial charge in [-0.05, 0) is 12.1 Å². The second-order valence-corrected chi connectivity index (χ2v) is 5.01. The SMILES string of the molecule is O=S(=O)(NCc1ncn[nH]1)c1c(F)cccc1F. The molecule has 0 spiro atoms. The number of aromatic nitrogens is 3. The molecule has 18 heavy (non-hydrogen) atoms. The van der Waals surface area contributed by atoms with Gasteiger partial charge in [-0.1, -0.05) is 6.07 Å². The van der Waals surface area contributed by atoms with Crippen molar-refractivity contribution in [3.63, 3.8) is 0 Å². The molecule has 0 aliphatic rings. The summed E-state index contributed by atoms with van der Waals surface area (Å²) in [6, 6.07) is 2.82. The van der Waals surface area contributed by atoms with Crippen LogP contribution in [0.4, 0.5) is 8.78 Å². The molecule has 0 aliphatic heterocycles. The number of hydrogen-bond acceptors (Lipinski definition) is 4. The van der Waals surface area contributed by atoms with Crippen LogP contribution in [0.5, 0.6) is 0 Å². The van der Waals surface area contributed by atoms with Gasteiger partial charge in [0.1, 0.15) is 23.8 Å². The van der Waals surface area contributed by atoms with Crippen LogP contribution in [0.3, 0.4) is 0 Å². The number of aromatic amines is 1. The van der Waals surface area contributed by atoms with Crippen LogP contribution in [-0.2, 0) is 16.6 Å². The fourth-order valence-electron chi connectivity index (χ4n) is 1.29. The smallest absolute Gasteiger partial charge is 0.246 e. The Hall–Kier alpha value is -1.87. The topological polar surface area (TPSA) is 87.7 Å². The van der Waals surface area contributed by atoms with Crippen molar-refractivity contribution >= 4 is 10.0 Å². The molecular weight excluding hydrogens is 266 g/mol. The molecule has 6 nitrogen and oxygen atoms in total. The lowest BCUT2D eigenvalue weighted by Crippen LogP contribution is -2.25. The highest BCUT2D eigenvalue weighted by atomic mass is 32.2. The third-order valence-electron chi connectivity index (χ3n) is 2.08. The van der Waals surface area contributed by atoms with E-state index in [1.165, 1.54) is 6.33 Å². The normalized spacial score (nSPS) is 11.7. The molecule has 0 amide bonds. The highest BCUT2D eigenvalue weighted by molar-refractivity contribution is 7.89. The Morgan fingerprint density at radius 3 is 2.50 bits per heavy atom. The Morgan fingerprint density at radius 2 is 1.94 bits per heavy atom. The molecule has 1 aromatic carbocycles. The Kier molecular flexibility index (Phi) is 3.34. The van der Waals surface area contributed by atoms with Crippen LogP contribution in [0.25, 0.3) is 0 Å². The molecule has 9 heteroatoms. The van der Waals surface area contributed by atoms with E-state index in [0.29, 0.717) is 0 Å². The van der Waals surface area contributed by atoms with E-state index >= 15 is 0 Å². The average Bonchev–Trinajstić information content (AvgIpc) is 2.78. The molecule has 0 fully saturated rings. The van der Waals surface area contributed by atoms with E-state index in [1.807, 2.05) is 4.72 Å². The van der Waals surface area contributed by atoms with Crippen LogP contribution in [0, 0.1) is 11.6 Å². The maximum absolute atomic E-state index is 13.3. The molecule has 1 aromatic heterocycles. The fraction of sp³-hybridized carbons (Fsp3) is 0.111. The fourth-order valence-corrected chi connectivity index (χ4v) is 2.41. The molecular formula is C9H8F2N4O2S. The number of hydrogen-bond donors (Lipinski definition) is 2. The van der Waals surface area contributed by atoms with E-state index in [-0.39, 0.29) is 12.4 Å². The molecule has 96 valence electrons. The van der Waals surface area contributed by atoms with Crippen molar-refractivity contribution in [2.45, 2.75) is 11.4 Å². The third kappa shape index (κ3) is 2.51. The summed E-state index contributed by atoms with van der Waals surface area (Å²) in [6.07, 6.45) is 1.19. The number of sulfonamides is 1. The minimum Gasteiger partial charge on any atom is -0.262 e. The Morgan fingerprint density at radius 1 is 1.28 bits per heavy atom. The Bertz CT molecular complexity index is 622. The molecule has 0 radical (unpaired) electrons. The van der Waals surface area contributed by atoms with Gasteiger partial charge in [0.2, 0.25) is 10.0 Å². The second kappa shape index (κ2) is 4.78. The van der Waals surface area contributed by atoms with Gasteiger partial charge in [0.25, 0.3) is 0 Å². The van der Waals surface area contributed by atoms with E-state index in [2.05, 4.69) is 15.2 Å². The second-order valence-electron chi connectivity index (χ2n) is 3.31. The monoisotopic (exact) mass is 274 g/mol. The van der Waals surface area contributed by atoms with Crippen LogP contribution in [0.15, 0.2) is 29.4 Å². The van der Waals surface area contributed by atoms with E-state index in [4.69, 9.17) is 0 Å². The van der Waals surface area contributed by atoms with Gasteiger partial charge in [-0.2, -0.15) is 5.10 Å². The number of H-pyrrole nitrogens is 1. The summed E-state index contributed by atoms with van der Waals surface area (Å²) in [6.45, 7) is -0.240. The summed E-state index contributed by atoms with van der Waals surface area (Å²) < 4.78 is 52.1. The van der Waals surface area contributed by atoms with Crippen LogP contribution in [-0.4, -0.2) is 23.6 Å². The van der Waals surface area contributed by atoms with Crippen molar-refractivity contribution in [3.8, 4) is 0 Å². The van der Waals surface area contributed by atoms with Gasteiger partial charge in [-0.15, -0.1) is 0 Å². The summed E-state index contributed by atoms with van der Waals surface area (Å²) in [5.41, 5.74) is 0. The molecule has 1 heterocycles. The van der Waals surface area contributed by atoms with Gasteiger partial charge < -0.3 is 0 Å². The van der Waals surface area contributed by atoms with Crippen LogP contribution >= 0.6 is 0 Å². The summed E-state index contributed by atoms with van der Waals surface area (Å²) in [4.78, 5) is 2.67. The van der Waals surface area contributed by atoms with Gasteiger partial charge in [0, 0.05) is 0 Å². The van der Waals surface area contributed by atoms with Crippen molar-refractivity contribution in [2.75, 3.05) is 0 Å². The summed E-state index contributed by atoms with van der Waals surface area (Å²) in [7, 11) is -4.29. The summed E-state index contributed by atoms with van der Waals surface area (Å²) in [5.74, 6) is -2.07. The quantitative estimate of drug-likeness (QED) is 0.852. The predicted molar refractivity (Wildman–Crippen MR) is 56.8 cm³/mol. The van der Waals surface area contributed by atoms with E-state index in [9.17, 15) is 17.2 Å². The van der Waals surface area contributed by atoms with Gasteiger partial charge >= 0.3 is 0 Å². The number of halogens is 2. The number of nitrogens with one attached hydrogen (secondary N) is 2. The van der Waals surface area contributed by atoms with Crippen LogP contribution < -0.4 is 4.72 Å². The third-order valence-corrected chi connectivity index (χ3v) is 3.53. The van der Waals surface area contributed by atoms with Crippen LogP contribution in [0.2, 0.25) is 0 Å². The maximum Gasteiger partial charge on any atom is 0.246 e. The lowest BCUT2D eigenvalue weighted by atomic mass is 10.3. The van der Waals surface area contributed by atoms with Crippen molar-refractivity contribution in [3.05, 3.63) is 42.0 Å². The minimum atomic E-state index is -4.29. The molecule has 0 saturated carbocycles. The molecule has 2 rings (SSSR count). The number of nitrogens with zero attached hydrogens (tertiary/aromatic N) is 2. The standard InChI is InChI=1S/C9H8F2N4O2S/c10-6-2-1-3-7(11)9(6)18(16,17)14-4-8-12-5-13-15-8/h1-3,5,14H,4H2,(H,12,13,15). The lowest BCUT2D eigenvalue weighted by Gasteiger charge is -2.07. The summed E-state index contributed by atoms with van der Waals surface area (Å²) >= 11 is 0. The highest BCUT2D eigenvalue weighted by Crippen LogP contribution is 2.17. The average molecular weight is 274 g/mol. The van der Waals surface area contributed by atoms with Crippen molar-refractivity contribution in [1.82, 2.24) is 19.9 Å². The molecule has 0 unspecified atom stereocenters. The molecule has 0 aliphatic carbocycles. The van der Waals surface area contributed by atoms with E-state index in [1.54, 1.807) is 0 Å². The van der Waals surface area contributed by atoms with Gasteiger partial charge in [-0.25, -0.2) is 26.9 Å². The van der Waals surface area contributed by atoms with E-state index in [0.717, 1.165) is 18.2 Å². The zero-order valence-electron chi connectivity index (χ0n) is 8.89. The first-order valence-electron chi connectivity index (χ1n) is 4.78. The van der Waals surface area contributed by atoms with Gasteiger partial charge in [-0.3, -0.25) is 5.10 Å². The summed E-state index contributed by atoms with van der Waals surface area (Å²) in [5, 5.41) is 5.93. The Balaban J connectivity index is 2.26. The first-order chi connectivity index (χ1) is 8.50. The maximum atomic E-state index is 13.3. The van der Waals surface area contributed by atoms with Crippen molar-refractivity contribution < 1.29 is 17.2 Å². The zero-order chi connectivity index (χ0) is 13.2. The largest absolute Gasteiger partial charge is 0.262 e. The first kappa shape index (κ1) is 12.6. The molecule has 0 atom stereocenters. The van der Waals surface area contributed by atoms with E-state index < -0.39 is 26.6 Å². The van der Waals surface area contributed by atoms with Gasteiger partial charge in [0.05, 0.1) is 6.54 Å². The first-order valence-corrected chi connectivity index (χ1v) is 6.27. The van der Waals surface area contributed by atoms with Crippen LogP contribution in [0.1, 0.15) is 5.82 Å². The highest BCUT2D eigenvalue weighted by Gasteiger charge is 2.23. The Labute approximate surface area is 101 Å². The zero-order valence-corrected chi connectivity index (χ0v) is 9.71. The molecule has 0 saturated heterocycles. The predicted octanol–water partition coefficient (Wildman–Crippen LogP) is 0.561. The number of rotatable bonds is 4. The molecule has 0 bridgehead atoms. The van der Waals surface area contributed by atoms with Crippen molar-refractivity contribution in [2.24, 2.45) is 0 Å². The molecule has 2 N–H and O–H groups in total. The number of benzene rings is 1.